The molecule has 0 aliphatic rings. The smallest absolute Gasteiger partial charge is 0.177 e. The summed E-state index contributed by atoms with van der Waals surface area (Å²) in [5.74, 6) is 1.81. The number of hydrogen-bond acceptors (Lipinski definition) is 5. The number of anilines is 1. The lowest BCUT2D eigenvalue weighted by Gasteiger charge is -2.10. The lowest BCUT2D eigenvalue weighted by Crippen LogP contribution is -2.09. The molecule has 0 radical (unpaired) electrons. The summed E-state index contributed by atoms with van der Waals surface area (Å²) in [5.41, 5.74) is 0.655. The van der Waals surface area contributed by atoms with E-state index < -0.39 is 9.84 Å². The lowest BCUT2D eigenvalue weighted by molar-refractivity contribution is 0.296. The van der Waals surface area contributed by atoms with Crippen LogP contribution in [0.1, 0.15) is 6.42 Å². The van der Waals surface area contributed by atoms with Gasteiger partial charge in [-0.1, -0.05) is 12.1 Å². The second-order valence-electron chi connectivity index (χ2n) is 3.88. The zero-order valence-corrected chi connectivity index (χ0v) is 12.1. The Morgan fingerprint density at radius 1 is 1.28 bits per heavy atom. The van der Waals surface area contributed by atoms with Crippen molar-refractivity contribution in [2.75, 3.05) is 36.2 Å². The van der Waals surface area contributed by atoms with E-state index in [1.807, 2.05) is 6.07 Å². The standard InChI is InChI=1S/C12H19NO3S2/c1-18(15,16)12-6-3-2-5-11(12)13-7-10-17-9-4-8-14/h2-3,5-6,13-14H,4,7-10H2,1H3. The second-order valence-corrected chi connectivity index (χ2v) is 7.09. The maximum absolute atomic E-state index is 11.6. The van der Waals surface area contributed by atoms with Crippen LogP contribution in [-0.4, -0.2) is 44.4 Å². The Labute approximate surface area is 113 Å². The molecule has 0 fully saturated rings. The molecule has 0 aliphatic heterocycles. The van der Waals surface area contributed by atoms with Gasteiger partial charge in [-0.05, 0) is 24.3 Å². The summed E-state index contributed by atoms with van der Waals surface area (Å²) in [6, 6.07) is 6.92. The van der Waals surface area contributed by atoms with Crippen molar-refractivity contribution >= 4 is 27.3 Å². The Bertz CT molecular complexity index is 460. The fourth-order valence-electron chi connectivity index (χ4n) is 1.46. The highest BCUT2D eigenvalue weighted by molar-refractivity contribution is 7.99. The predicted molar refractivity (Wildman–Crippen MR) is 77.1 cm³/mol. The largest absolute Gasteiger partial charge is 0.396 e. The van der Waals surface area contributed by atoms with E-state index in [0.717, 1.165) is 17.9 Å². The first-order valence-corrected chi connectivity index (χ1v) is 8.82. The average molecular weight is 289 g/mol. The van der Waals surface area contributed by atoms with Crippen LogP contribution in [0, 0.1) is 0 Å². The highest BCUT2D eigenvalue weighted by atomic mass is 32.2. The molecule has 0 spiro atoms. The zero-order valence-electron chi connectivity index (χ0n) is 10.4. The molecule has 0 heterocycles. The van der Waals surface area contributed by atoms with E-state index in [-0.39, 0.29) is 6.61 Å². The second kappa shape index (κ2) is 7.66. The molecule has 0 bridgehead atoms. The summed E-state index contributed by atoms with van der Waals surface area (Å²) >= 11 is 1.74. The molecule has 0 aromatic heterocycles. The number of hydrogen-bond donors (Lipinski definition) is 2. The van der Waals surface area contributed by atoms with Gasteiger partial charge >= 0.3 is 0 Å². The fourth-order valence-corrected chi connectivity index (χ4v) is 3.11. The van der Waals surface area contributed by atoms with Gasteiger partial charge in [-0.2, -0.15) is 11.8 Å². The van der Waals surface area contributed by atoms with E-state index in [0.29, 0.717) is 17.1 Å². The van der Waals surface area contributed by atoms with Crippen molar-refractivity contribution in [1.82, 2.24) is 0 Å². The Morgan fingerprint density at radius 2 is 2.00 bits per heavy atom. The summed E-state index contributed by atoms with van der Waals surface area (Å²) < 4.78 is 23.1. The average Bonchev–Trinajstić information content (AvgIpc) is 2.33. The van der Waals surface area contributed by atoms with Gasteiger partial charge in [0, 0.05) is 25.2 Å². The van der Waals surface area contributed by atoms with Crippen LogP contribution >= 0.6 is 11.8 Å². The Kier molecular flexibility index (Phi) is 6.52. The Hall–Kier alpha value is -0.720. The number of aliphatic hydroxyl groups excluding tert-OH is 1. The number of para-hydroxylation sites is 1. The summed E-state index contributed by atoms with van der Waals surface area (Å²) in [4.78, 5) is 0.338. The van der Waals surface area contributed by atoms with Gasteiger partial charge in [-0.15, -0.1) is 0 Å². The minimum absolute atomic E-state index is 0.220. The van der Waals surface area contributed by atoms with Crippen molar-refractivity contribution in [1.29, 1.82) is 0 Å². The number of benzene rings is 1. The van der Waals surface area contributed by atoms with Gasteiger partial charge in [-0.25, -0.2) is 8.42 Å². The Balaban J connectivity index is 2.48. The number of thioether (sulfide) groups is 1. The van der Waals surface area contributed by atoms with E-state index in [1.54, 1.807) is 30.0 Å². The van der Waals surface area contributed by atoms with Crippen LogP contribution in [0.15, 0.2) is 29.2 Å². The fraction of sp³-hybridized carbons (Fsp3) is 0.500. The maximum Gasteiger partial charge on any atom is 0.177 e. The SMILES string of the molecule is CS(=O)(=O)c1ccccc1NCCSCCCO. The topological polar surface area (TPSA) is 66.4 Å². The Morgan fingerprint density at radius 3 is 2.67 bits per heavy atom. The molecular formula is C12H19NO3S2. The first kappa shape index (κ1) is 15.3. The van der Waals surface area contributed by atoms with Crippen LogP contribution in [0.2, 0.25) is 0 Å². The molecule has 18 heavy (non-hydrogen) atoms. The van der Waals surface area contributed by atoms with Crippen molar-refractivity contribution < 1.29 is 13.5 Å². The normalized spacial score (nSPS) is 11.4. The van der Waals surface area contributed by atoms with Crippen LogP contribution < -0.4 is 5.32 Å². The van der Waals surface area contributed by atoms with Gasteiger partial charge in [0.1, 0.15) is 0 Å². The quantitative estimate of drug-likeness (QED) is 0.712. The van der Waals surface area contributed by atoms with Crippen molar-refractivity contribution in [3.05, 3.63) is 24.3 Å². The maximum atomic E-state index is 11.6. The van der Waals surface area contributed by atoms with Crippen LogP contribution in [0.3, 0.4) is 0 Å². The molecule has 0 saturated carbocycles. The molecule has 1 aromatic rings. The van der Waals surface area contributed by atoms with E-state index in [4.69, 9.17) is 5.11 Å². The summed E-state index contributed by atoms with van der Waals surface area (Å²) in [5, 5.41) is 11.8. The van der Waals surface area contributed by atoms with Gasteiger partial charge < -0.3 is 10.4 Å². The number of sulfone groups is 1. The van der Waals surface area contributed by atoms with Crippen molar-refractivity contribution in [2.24, 2.45) is 0 Å². The molecule has 0 amide bonds. The molecule has 102 valence electrons. The molecule has 0 atom stereocenters. The van der Waals surface area contributed by atoms with Crippen LogP contribution in [0.5, 0.6) is 0 Å². The van der Waals surface area contributed by atoms with Gasteiger partial charge in [0.05, 0.1) is 10.6 Å². The zero-order chi connectivity index (χ0) is 13.4. The molecule has 4 nitrogen and oxygen atoms in total. The first-order valence-electron chi connectivity index (χ1n) is 5.77. The number of rotatable bonds is 8. The summed E-state index contributed by atoms with van der Waals surface area (Å²) in [7, 11) is -3.19. The third kappa shape index (κ3) is 5.29. The van der Waals surface area contributed by atoms with Crippen molar-refractivity contribution in [3.8, 4) is 0 Å². The van der Waals surface area contributed by atoms with Crippen LogP contribution in [0.4, 0.5) is 5.69 Å². The van der Waals surface area contributed by atoms with Crippen molar-refractivity contribution in [2.45, 2.75) is 11.3 Å². The number of aliphatic hydroxyl groups is 1. The van der Waals surface area contributed by atoms with Crippen LogP contribution in [-0.2, 0) is 9.84 Å². The van der Waals surface area contributed by atoms with Crippen LogP contribution in [0.25, 0.3) is 0 Å². The van der Waals surface area contributed by atoms with E-state index >= 15 is 0 Å². The van der Waals surface area contributed by atoms with Gasteiger partial charge in [0.15, 0.2) is 9.84 Å². The predicted octanol–water partition coefficient (Wildman–Crippen LogP) is 1.62. The minimum atomic E-state index is -3.19. The molecule has 0 saturated heterocycles. The third-order valence-corrected chi connectivity index (χ3v) is 4.52. The number of nitrogens with one attached hydrogen (secondary N) is 1. The molecule has 0 unspecified atom stereocenters. The van der Waals surface area contributed by atoms with Gasteiger partial charge in [0.2, 0.25) is 0 Å². The van der Waals surface area contributed by atoms with E-state index in [2.05, 4.69) is 5.32 Å². The first-order chi connectivity index (χ1) is 8.55. The molecule has 1 aromatic carbocycles. The van der Waals surface area contributed by atoms with E-state index in [1.165, 1.54) is 6.26 Å². The molecule has 1 rings (SSSR count). The third-order valence-electron chi connectivity index (χ3n) is 2.30. The minimum Gasteiger partial charge on any atom is -0.396 e. The highest BCUT2D eigenvalue weighted by Crippen LogP contribution is 2.20. The monoisotopic (exact) mass is 289 g/mol. The highest BCUT2D eigenvalue weighted by Gasteiger charge is 2.11. The summed E-state index contributed by atoms with van der Waals surface area (Å²) in [6.07, 6.45) is 2.01. The summed E-state index contributed by atoms with van der Waals surface area (Å²) in [6.45, 7) is 0.931. The molecular weight excluding hydrogens is 270 g/mol. The van der Waals surface area contributed by atoms with Crippen molar-refractivity contribution in [3.63, 3.8) is 0 Å². The van der Waals surface area contributed by atoms with E-state index in [9.17, 15) is 8.42 Å². The molecule has 6 heteroatoms. The van der Waals surface area contributed by atoms with Gasteiger partial charge in [0.25, 0.3) is 0 Å². The lowest BCUT2D eigenvalue weighted by atomic mass is 10.3. The van der Waals surface area contributed by atoms with Gasteiger partial charge in [-0.3, -0.25) is 0 Å². The molecule has 2 N–H and O–H groups in total. The molecule has 0 aliphatic carbocycles.